The van der Waals surface area contributed by atoms with Crippen molar-refractivity contribution in [2.45, 2.75) is 20.8 Å². The van der Waals surface area contributed by atoms with Crippen LogP contribution >= 0.6 is 0 Å². The van der Waals surface area contributed by atoms with Gasteiger partial charge in [0, 0.05) is 31.7 Å². The molecule has 0 spiro atoms. The maximum atomic E-state index is 14.7. The summed E-state index contributed by atoms with van der Waals surface area (Å²) in [5.41, 5.74) is 5.28. The molecule has 3 rings (SSSR count). The molecular formula is C23H29FN4O2. The van der Waals surface area contributed by atoms with Crippen LogP contribution in [-0.4, -0.2) is 55.8 Å². The van der Waals surface area contributed by atoms with Crippen LogP contribution in [0.5, 0.6) is 5.75 Å². The Kier molecular flexibility index (Phi) is 7.41. The smallest absolute Gasteiger partial charge is 0.277 e. The number of carbonyl (C=O) groups is 1. The topological polar surface area (TPSA) is 57.2 Å². The van der Waals surface area contributed by atoms with Crippen molar-refractivity contribution in [2.75, 3.05) is 44.2 Å². The maximum Gasteiger partial charge on any atom is 0.277 e. The van der Waals surface area contributed by atoms with Crippen LogP contribution in [0.3, 0.4) is 0 Å². The second-order valence-corrected chi connectivity index (χ2v) is 7.42. The molecule has 160 valence electrons. The van der Waals surface area contributed by atoms with Crippen LogP contribution in [-0.2, 0) is 4.79 Å². The van der Waals surface area contributed by atoms with Gasteiger partial charge in [-0.05, 0) is 50.2 Å². The average molecular weight is 413 g/mol. The Morgan fingerprint density at radius 1 is 1.17 bits per heavy atom. The lowest BCUT2D eigenvalue weighted by molar-refractivity contribution is -0.123. The Balaban J connectivity index is 1.55. The van der Waals surface area contributed by atoms with Crippen LogP contribution in [0.1, 0.15) is 25.0 Å². The lowest BCUT2D eigenvalue weighted by atomic mass is 10.1. The van der Waals surface area contributed by atoms with E-state index in [1.807, 2.05) is 31.2 Å². The summed E-state index contributed by atoms with van der Waals surface area (Å²) in [7, 11) is 0. The van der Waals surface area contributed by atoms with E-state index in [4.69, 9.17) is 4.74 Å². The van der Waals surface area contributed by atoms with Crippen molar-refractivity contribution in [2.24, 2.45) is 5.10 Å². The molecule has 30 heavy (non-hydrogen) atoms. The van der Waals surface area contributed by atoms with E-state index < -0.39 is 0 Å². The van der Waals surface area contributed by atoms with Crippen LogP contribution in [0.15, 0.2) is 47.6 Å². The number of rotatable bonds is 7. The molecule has 1 N–H and O–H groups in total. The van der Waals surface area contributed by atoms with Gasteiger partial charge < -0.3 is 14.5 Å². The summed E-state index contributed by atoms with van der Waals surface area (Å²) in [5, 5.41) is 4.08. The zero-order chi connectivity index (χ0) is 21.5. The van der Waals surface area contributed by atoms with Gasteiger partial charge in [0.15, 0.2) is 6.61 Å². The molecule has 7 heteroatoms. The number of aryl methyl sites for hydroxylation is 1. The molecule has 0 aromatic heterocycles. The zero-order valence-corrected chi connectivity index (χ0v) is 17.8. The maximum absolute atomic E-state index is 14.7. The summed E-state index contributed by atoms with van der Waals surface area (Å²) in [6.45, 7) is 10.2. The Bertz CT molecular complexity index is 908. The van der Waals surface area contributed by atoms with Gasteiger partial charge in [0.1, 0.15) is 11.6 Å². The monoisotopic (exact) mass is 412 g/mol. The van der Waals surface area contributed by atoms with Gasteiger partial charge in [0.25, 0.3) is 5.91 Å². The summed E-state index contributed by atoms with van der Waals surface area (Å²) in [6.07, 6.45) is 0. The number of hydrogen-bond donors (Lipinski definition) is 1. The summed E-state index contributed by atoms with van der Waals surface area (Å²) in [5.74, 6) is -0.0221. The van der Waals surface area contributed by atoms with E-state index in [0.717, 1.165) is 38.3 Å². The van der Waals surface area contributed by atoms with Crippen LogP contribution in [0, 0.1) is 12.7 Å². The van der Waals surface area contributed by atoms with Crippen molar-refractivity contribution in [3.63, 3.8) is 0 Å². The largest absolute Gasteiger partial charge is 0.484 e. The number of benzene rings is 2. The predicted octanol–water partition coefficient (Wildman–Crippen LogP) is 3.20. The fraction of sp³-hybridized carbons (Fsp3) is 0.391. The number of nitrogens with zero attached hydrogens (tertiary/aromatic N) is 3. The third-order valence-electron chi connectivity index (χ3n) is 5.23. The number of carbonyl (C=O) groups excluding carboxylic acids is 1. The minimum Gasteiger partial charge on any atom is -0.484 e. The van der Waals surface area contributed by atoms with E-state index in [0.29, 0.717) is 22.7 Å². The number of hydrogen-bond acceptors (Lipinski definition) is 5. The Morgan fingerprint density at radius 3 is 2.60 bits per heavy atom. The van der Waals surface area contributed by atoms with Crippen LogP contribution < -0.4 is 15.1 Å². The van der Waals surface area contributed by atoms with Crippen LogP contribution in [0.2, 0.25) is 0 Å². The number of piperazine rings is 1. The quantitative estimate of drug-likeness (QED) is 0.561. The normalized spacial score (nSPS) is 15.2. The first-order chi connectivity index (χ1) is 14.5. The molecule has 1 saturated heterocycles. The van der Waals surface area contributed by atoms with Gasteiger partial charge in [-0.1, -0.05) is 25.1 Å². The zero-order valence-electron chi connectivity index (χ0n) is 17.8. The highest BCUT2D eigenvalue weighted by Crippen LogP contribution is 2.22. The number of nitrogens with one attached hydrogen (secondary N) is 1. The fourth-order valence-electron chi connectivity index (χ4n) is 3.39. The van der Waals surface area contributed by atoms with E-state index in [1.54, 1.807) is 19.1 Å². The minimum absolute atomic E-state index is 0.142. The first kappa shape index (κ1) is 21.8. The highest BCUT2D eigenvalue weighted by atomic mass is 19.1. The number of hydrazone groups is 1. The molecule has 0 aliphatic carbocycles. The van der Waals surface area contributed by atoms with Gasteiger partial charge in [-0.2, -0.15) is 5.10 Å². The lowest BCUT2D eigenvalue weighted by Crippen LogP contribution is -2.46. The average Bonchev–Trinajstić information content (AvgIpc) is 2.76. The van der Waals surface area contributed by atoms with Crippen LogP contribution in [0.25, 0.3) is 0 Å². The van der Waals surface area contributed by atoms with Gasteiger partial charge in [0.05, 0.1) is 11.4 Å². The van der Waals surface area contributed by atoms with Gasteiger partial charge in [-0.3, -0.25) is 4.79 Å². The van der Waals surface area contributed by atoms with Crippen molar-refractivity contribution in [1.82, 2.24) is 10.3 Å². The lowest BCUT2D eigenvalue weighted by Gasteiger charge is -2.35. The minimum atomic E-state index is -0.373. The molecular weight excluding hydrogens is 383 g/mol. The molecule has 1 fully saturated rings. The van der Waals surface area contributed by atoms with E-state index in [1.165, 1.54) is 6.07 Å². The number of likely N-dealkylation sites (N-methyl/N-ethyl adjacent to an activating group) is 1. The van der Waals surface area contributed by atoms with E-state index in [2.05, 4.69) is 27.3 Å². The molecule has 2 aromatic carbocycles. The fourth-order valence-corrected chi connectivity index (χ4v) is 3.39. The first-order valence-corrected chi connectivity index (χ1v) is 10.3. The van der Waals surface area contributed by atoms with E-state index in [-0.39, 0.29) is 18.3 Å². The third kappa shape index (κ3) is 5.79. The van der Waals surface area contributed by atoms with Gasteiger partial charge in [0.2, 0.25) is 0 Å². The van der Waals surface area contributed by atoms with Crippen molar-refractivity contribution in [1.29, 1.82) is 0 Å². The Morgan fingerprint density at radius 2 is 1.93 bits per heavy atom. The van der Waals surface area contributed by atoms with E-state index >= 15 is 0 Å². The van der Waals surface area contributed by atoms with Gasteiger partial charge in [-0.25, -0.2) is 9.82 Å². The number of ether oxygens (including phenoxy) is 1. The standard InChI is InChI=1S/C23H29FN4O2/c1-4-27-10-12-28(13-11-27)22-9-8-19(15-21(22)24)18(3)25-26-23(29)16-30-20-7-5-6-17(2)14-20/h5-9,14-15H,4,10-13,16H2,1-3H3,(H,26,29)/b25-18-. The molecule has 1 aliphatic heterocycles. The molecule has 0 radical (unpaired) electrons. The number of amides is 1. The molecule has 1 heterocycles. The van der Waals surface area contributed by atoms with Gasteiger partial charge >= 0.3 is 0 Å². The number of anilines is 1. The van der Waals surface area contributed by atoms with E-state index in [9.17, 15) is 9.18 Å². The molecule has 2 aromatic rings. The van der Waals surface area contributed by atoms with Crippen molar-refractivity contribution in [3.05, 3.63) is 59.4 Å². The second kappa shape index (κ2) is 10.2. The molecule has 0 bridgehead atoms. The highest BCUT2D eigenvalue weighted by molar-refractivity contribution is 5.99. The Hall–Kier alpha value is -2.93. The predicted molar refractivity (Wildman–Crippen MR) is 118 cm³/mol. The third-order valence-corrected chi connectivity index (χ3v) is 5.23. The molecule has 6 nitrogen and oxygen atoms in total. The van der Waals surface area contributed by atoms with Crippen LogP contribution in [0.4, 0.5) is 10.1 Å². The summed E-state index contributed by atoms with van der Waals surface area (Å²) in [6, 6.07) is 12.6. The summed E-state index contributed by atoms with van der Waals surface area (Å²) in [4.78, 5) is 16.4. The first-order valence-electron chi connectivity index (χ1n) is 10.3. The van der Waals surface area contributed by atoms with Crippen molar-refractivity contribution in [3.8, 4) is 5.75 Å². The van der Waals surface area contributed by atoms with Crippen molar-refractivity contribution < 1.29 is 13.9 Å². The molecule has 1 aliphatic rings. The highest BCUT2D eigenvalue weighted by Gasteiger charge is 2.19. The van der Waals surface area contributed by atoms with Crippen molar-refractivity contribution >= 4 is 17.3 Å². The Labute approximate surface area is 177 Å². The molecule has 0 saturated carbocycles. The molecule has 0 atom stereocenters. The molecule has 0 unspecified atom stereocenters. The summed E-state index contributed by atoms with van der Waals surface area (Å²) >= 11 is 0. The molecule has 1 amide bonds. The summed E-state index contributed by atoms with van der Waals surface area (Å²) < 4.78 is 20.2. The second-order valence-electron chi connectivity index (χ2n) is 7.42. The van der Waals surface area contributed by atoms with Gasteiger partial charge in [-0.15, -0.1) is 0 Å². The SMILES string of the molecule is CCN1CCN(c2ccc(/C(C)=N\NC(=O)COc3cccc(C)c3)cc2F)CC1. The number of halogens is 1.